The number of rotatable bonds is 5. The van der Waals surface area contributed by atoms with Crippen LogP contribution in [0.25, 0.3) is 0 Å². The van der Waals surface area contributed by atoms with Crippen LogP contribution in [0.1, 0.15) is 37.8 Å². The fraction of sp³-hybridized carbons (Fsp3) is 0.429. The van der Waals surface area contributed by atoms with E-state index in [9.17, 15) is 0 Å². The van der Waals surface area contributed by atoms with Gasteiger partial charge in [0.25, 0.3) is 0 Å². The van der Waals surface area contributed by atoms with E-state index in [0.717, 1.165) is 6.54 Å². The molecular formula is C14H19N. The van der Waals surface area contributed by atoms with Crippen molar-refractivity contribution >= 4 is 0 Å². The van der Waals surface area contributed by atoms with Gasteiger partial charge in [0.1, 0.15) is 0 Å². The molecule has 0 bridgehead atoms. The van der Waals surface area contributed by atoms with E-state index in [0.29, 0.717) is 6.04 Å². The Labute approximate surface area is 92.2 Å². The second-order valence-electron chi connectivity index (χ2n) is 4.24. The minimum Gasteiger partial charge on any atom is -0.310 e. The molecule has 0 spiro atoms. The lowest BCUT2D eigenvalue weighted by Gasteiger charge is -2.13. The van der Waals surface area contributed by atoms with Crippen molar-refractivity contribution in [2.75, 3.05) is 6.54 Å². The molecule has 1 aromatic carbocycles. The first-order valence-corrected chi connectivity index (χ1v) is 5.82. The molecule has 80 valence electrons. The van der Waals surface area contributed by atoms with Gasteiger partial charge in [0.2, 0.25) is 0 Å². The summed E-state index contributed by atoms with van der Waals surface area (Å²) in [7, 11) is 0. The van der Waals surface area contributed by atoms with Gasteiger partial charge in [-0.25, -0.2) is 0 Å². The van der Waals surface area contributed by atoms with Gasteiger partial charge in [-0.3, -0.25) is 0 Å². The first-order chi connectivity index (χ1) is 7.36. The number of allylic oxidation sites excluding steroid dienone is 1. The van der Waals surface area contributed by atoms with Crippen molar-refractivity contribution in [1.29, 1.82) is 0 Å². The quantitative estimate of drug-likeness (QED) is 0.568. The van der Waals surface area contributed by atoms with Crippen LogP contribution in [0.3, 0.4) is 0 Å². The summed E-state index contributed by atoms with van der Waals surface area (Å²) in [6.07, 6.45) is 6.24. The molecule has 1 aromatic rings. The van der Waals surface area contributed by atoms with E-state index in [1.165, 1.54) is 24.8 Å². The fourth-order valence-electron chi connectivity index (χ4n) is 1.71. The van der Waals surface area contributed by atoms with Gasteiger partial charge < -0.3 is 5.32 Å². The largest absolute Gasteiger partial charge is 0.310 e. The monoisotopic (exact) mass is 201 g/mol. The second kappa shape index (κ2) is 5.13. The molecule has 1 N–H and O–H groups in total. The highest BCUT2D eigenvalue weighted by Gasteiger charge is 2.09. The van der Waals surface area contributed by atoms with Crippen LogP contribution >= 0.6 is 0 Å². The number of hydrogen-bond acceptors (Lipinski definition) is 1. The Morgan fingerprint density at radius 3 is 2.67 bits per heavy atom. The molecular weight excluding hydrogens is 182 g/mol. The lowest BCUT2D eigenvalue weighted by molar-refractivity contribution is 0.581. The average Bonchev–Trinajstić information content (AvgIpc) is 3.09. The lowest BCUT2D eigenvalue weighted by Crippen LogP contribution is -2.19. The molecule has 1 saturated carbocycles. The number of hydrogen-bond donors (Lipinski definition) is 1. The molecule has 1 fully saturated rings. The maximum absolute atomic E-state index is 3.54. The third-order valence-electron chi connectivity index (χ3n) is 2.87. The molecule has 15 heavy (non-hydrogen) atoms. The molecule has 1 atom stereocenters. The molecule has 0 aromatic heterocycles. The van der Waals surface area contributed by atoms with E-state index >= 15 is 0 Å². The summed E-state index contributed by atoms with van der Waals surface area (Å²) in [5.41, 5.74) is 3.01. The zero-order chi connectivity index (χ0) is 10.5. The van der Waals surface area contributed by atoms with Gasteiger partial charge in [-0.1, -0.05) is 42.0 Å². The van der Waals surface area contributed by atoms with Gasteiger partial charge in [0, 0.05) is 6.04 Å². The molecule has 0 amide bonds. The van der Waals surface area contributed by atoms with E-state index in [-0.39, 0.29) is 0 Å². The van der Waals surface area contributed by atoms with Crippen LogP contribution < -0.4 is 5.32 Å². The summed E-state index contributed by atoms with van der Waals surface area (Å²) < 4.78 is 0. The summed E-state index contributed by atoms with van der Waals surface area (Å²) >= 11 is 0. The van der Waals surface area contributed by atoms with E-state index in [1.807, 2.05) is 0 Å². The van der Waals surface area contributed by atoms with Crippen LogP contribution in [0.5, 0.6) is 0 Å². The van der Waals surface area contributed by atoms with E-state index < -0.39 is 0 Å². The maximum atomic E-state index is 3.54. The number of nitrogens with one attached hydrogen (secondary N) is 1. The molecule has 0 radical (unpaired) electrons. The lowest BCUT2D eigenvalue weighted by atomic mass is 10.1. The molecule has 0 unspecified atom stereocenters. The summed E-state index contributed by atoms with van der Waals surface area (Å²) in [5, 5.41) is 3.54. The Balaban J connectivity index is 1.72. The zero-order valence-electron chi connectivity index (χ0n) is 9.37. The van der Waals surface area contributed by atoms with Gasteiger partial charge in [-0.15, -0.1) is 0 Å². The fourth-order valence-corrected chi connectivity index (χ4v) is 1.71. The Hall–Kier alpha value is -1.08. The summed E-state index contributed by atoms with van der Waals surface area (Å²) in [4.78, 5) is 0. The topological polar surface area (TPSA) is 12.0 Å². The molecule has 0 heterocycles. The highest BCUT2D eigenvalue weighted by Crippen LogP contribution is 2.27. The second-order valence-corrected chi connectivity index (χ2v) is 4.24. The van der Waals surface area contributed by atoms with Crippen LogP contribution in [0, 0.1) is 0 Å². The third kappa shape index (κ3) is 3.52. The minimum atomic E-state index is 0.462. The van der Waals surface area contributed by atoms with E-state index in [1.54, 1.807) is 5.57 Å². The van der Waals surface area contributed by atoms with Crippen molar-refractivity contribution in [2.45, 2.75) is 32.2 Å². The standard InChI is InChI=1S/C14H19N/c1-12(14-7-3-2-4-8-14)15-11-5-6-13-9-10-13/h2-4,6-8,12,15H,5,9-11H2,1H3/t12-/m0/s1. The molecule has 1 aliphatic carbocycles. The highest BCUT2D eigenvalue weighted by atomic mass is 14.9. The smallest absolute Gasteiger partial charge is 0.0291 e. The zero-order valence-corrected chi connectivity index (χ0v) is 9.37. The summed E-state index contributed by atoms with van der Waals surface area (Å²) in [5.74, 6) is 0. The normalized spacial score (nSPS) is 16.2. The molecule has 1 aliphatic rings. The molecule has 2 rings (SSSR count). The highest BCUT2D eigenvalue weighted by molar-refractivity contribution is 5.18. The van der Waals surface area contributed by atoms with Gasteiger partial charge in [-0.2, -0.15) is 0 Å². The predicted octanol–water partition coefficient (Wildman–Crippen LogP) is 3.45. The van der Waals surface area contributed by atoms with E-state index in [2.05, 4.69) is 48.6 Å². The van der Waals surface area contributed by atoms with Gasteiger partial charge in [0.15, 0.2) is 0 Å². The van der Waals surface area contributed by atoms with Crippen molar-refractivity contribution in [3.05, 3.63) is 47.5 Å². The first-order valence-electron chi connectivity index (χ1n) is 5.82. The molecule has 0 aliphatic heterocycles. The van der Waals surface area contributed by atoms with Crippen LogP contribution in [-0.2, 0) is 0 Å². The van der Waals surface area contributed by atoms with Crippen molar-refractivity contribution in [3.63, 3.8) is 0 Å². The Morgan fingerprint density at radius 1 is 1.27 bits per heavy atom. The Morgan fingerprint density at radius 2 is 2.00 bits per heavy atom. The van der Waals surface area contributed by atoms with Crippen LogP contribution in [0.15, 0.2) is 42.0 Å². The predicted molar refractivity (Wildman–Crippen MR) is 64.8 cm³/mol. The van der Waals surface area contributed by atoms with Crippen LogP contribution in [0.4, 0.5) is 0 Å². The molecule has 0 saturated heterocycles. The van der Waals surface area contributed by atoms with Crippen LogP contribution in [0.2, 0.25) is 0 Å². The molecule has 1 heteroatoms. The average molecular weight is 201 g/mol. The van der Waals surface area contributed by atoms with Crippen molar-refractivity contribution in [2.24, 2.45) is 0 Å². The third-order valence-corrected chi connectivity index (χ3v) is 2.87. The number of benzene rings is 1. The Kier molecular flexibility index (Phi) is 3.57. The maximum Gasteiger partial charge on any atom is 0.0291 e. The van der Waals surface area contributed by atoms with E-state index in [4.69, 9.17) is 0 Å². The minimum absolute atomic E-state index is 0.462. The summed E-state index contributed by atoms with van der Waals surface area (Å²) in [6.45, 7) is 3.30. The van der Waals surface area contributed by atoms with Crippen molar-refractivity contribution in [1.82, 2.24) is 5.32 Å². The Bertz CT molecular complexity index is 320. The van der Waals surface area contributed by atoms with Gasteiger partial charge in [0.05, 0.1) is 0 Å². The van der Waals surface area contributed by atoms with Crippen molar-refractivity contribution < 1.29 is 0 Å². The molecule has 1 nitrogen and oxygen atoms in total. The summed E-state index contributed by atoms with van der Waals surface area (Å²) in [6, 6.07) is 11.1. The first kappa shape index (κ1) is 10.4. The van der Waals surface area contributed by atoms with Crippen LogP contribution in [-0.4, -0.2) is 6.54 Å². The van der Waals surface area contributed by atoms with Gasteiger partial charge in [-0.05, 0) is 38.3 Å². The van der Waals surface area contributed by atoms with Gasteiger partial charge >= 0.3 is 0 Å². The van der Waals surface area contributed by atoms with Crippen molar-refractivity contribution in [3.8, 4) is 0 Å². The SMILES string of the molecule is C[C@H](NCCC=C1CC1)c1ccccc1.